The van der Waals surface area contributed by atoms with Crippen LogP contribution in [0.3, 0.4) is 0 Å². The first-order valence-corrected chi connectivity index (χ1v) is 8.57. The highest BCUT2D eigenvalue weighted by Crippen LogP contribution is 2.24. The second-order valence-electron chi connectivity index (χ2n) is 5.20. The lowest BCUT2D eigenvalue weighted by Crippen LogP contribution is -2.02. The van der Waals surface area contributed by atoms with Gasteiger partial charge in [0.2, 0.25) is 0 Å². The molecule has 1 aromatic carbocycles. The summed E-state index contributed by atoms with van der Waals surface area (Å²) in [6.45, 7) is 2.78. The highest BCUT2D eigenvalue weighted by atomic mass is 32.2. The van der Waals surface area contributed by atoms with Crippen LogP contribution in [0.2, 0.25) is 0 Å². The molecule has 6 nitrogen and oxygen atoms in total. The van der Waals surface area contributed by atoms with Crippen LogP contribution >= 0.6 is 11.8 Å². The third kappa shape index (κ3) is 3.39. The van der Waals surface area contributed by atoms with Crippen molar-refractivity contribution in [3.05, 3.63) is 59.7 Å². The van der Waals surface area contributed by atoms with Crippen LogP contribution in [0.15, 0.2) is 48.0 Å². The number of aromatic nitrogens is 4. The van der Waals surface area contributed by atoms with Gasteiger partial charge in [0.15, 0.2) is 5.82 Å². The predicted molar refractivity (Wildman–Crippen MR) is 94.3 cm³/mol. The van der Waals surface area contributed by atoms with Crippen LogP contribution in [0.5, 0.6) is 0 Å². The molecule has 1 N–H and O–H groups in total. The zero-order valence-electron chi connectivity index (χ0n) is 13.4. The standard InChI is InChI=1S/C17H16N6S/c1-12-5-3-4-6-13(12)9-23-10-14(8-21-23)22-16-15(7-18)17(24-2)20-11-19-16/h3-6,8,10-11H,9H2,1-2H3,(H,19,20,22). The van der Waals surface area contributed by atoms with Crippen LogP contribution < -0.4 is 5.32 Å². The largest absolute Gasteiger partial charge is 0.336 e. The maximum Gasteiger partial charge on any atom is 0.153 e. The summed E-state index contributed by atoms with van der Waals surface area (Å²) in [5, 5.41) is 17.5. The summed E-state index contributed by atoms with van der Waals surface area (Å²) in [5.41, 5.74) is 3.67. The van der Waals surface area contributed by atoms with Crippen molar-refractivity contribution in [1.82, 2.24) is 19.7 Å². The fraction of sp³-hybridized carbons (Fsp3) is 0.176. The Balaban J connectivity index is 1.80. The molecule has 0 radical (unpaired) electrons. The number of nitriles is 1. The van der Waals surface area contributed by atoms with Crippen molar-refractivity contribution < 1.29 is 0 Å². The lowest BCUT2D eigenvalue weighted by atomic mass is 10.1. The van der Waals surface area contributed by atoms with E-state index in [9.17, 15) is 5.26 Å². The predicted octanol–water partition coefficient (Wildman–Crippen LogP) is 3.37. The van der Waals surface area contributed by atoms with Gasteiger partial charge >= 0.3 is 0 Å². The molecule has 0 amide bonds. The van der Waals surface area contributed by atoms with Gasteiger partial charge in [0.25, 0.3) is 0 Å². The monoisotopic (exact) mass is 336 g/mol. The molecular formula is C17H16N6S. The van der Waals surface area contributed by atoms with Crippen LogP contribution in [-0.2, 0) is 6.54 Å². The minimum absolute atomic E-state index is 0.441. The number of benzene rings is 1. The normalized spacial score (nSPS) is 10.4. The van der Waals surface area contributed by atoms with E-state index in [1.54, 1.807) is 6.20 Å². The average molecular weight is 336 g/mol. The second-order valence-corrected chi connectivity index (χ2v) is 5.99. The summed E-state index contributed by atoms with van der Waals surface area (Å²) in [6.07, 6.45) is 6.95. The molecule has 0 bridgehead atoms. The average Bonchev–Trinajstić information content (AvgIpc) is 3.03. The van der Waals surface area contributed by atoms with E-state index < -0.39 is 0 Å². The Hall–Kier alpha value is -2.85. The van der Waals surface area contributed by atoms with Crippen molar-refractivity contribution in [1.29, 1.82) is 5.26 Å². The van der Waals surface area contributed by atoms with Gasteiger partial charge in [-0.3, -0.25) is 4.68 Å². The van der Waals surface area contributed by atoms with Crippen LogP contribution in [0, 0.1) is 18.3 Å². The van der Waals surface area contributed by atoms with Gasteiger partial charge in [-0.2, -0.15) is 10.4 Å². The van der Waals surface area contributed by atoms with E-state index >= 15 is 0 Å². The first-order valence-electron chi connectivity index (χ1n) is 7.34. The van der Waals surface area contributed by atoms with Gasteiger partial charge < -0.3 is 5.32 Å². The number of hydrogen-bond donors (Lipinski definition) is 1. The lowest BCUT2D eigenvalue weighted by Gasteiger charge is -2.07. The Bertz CT molecular complexity index is 896. The van der Waals surface area contributed by atoms with E-state index in [1.165, 1.54) is 29.2 Å². The van der Waals surface area contributed by atoms with Gasteiger partial charge in [0.05, 0.1) is 18.4 Å². The van der Waals surface area contributed by atoms with Gasteiger partial charge in [-0.05, 0) is 24.3 Å². The Kier molecular flexibility index (Phi) is 4.77. The second kappa shape index (κ2) is 7.15. The smallest absolute Gasteiger partial charge is 0.153 e. The Morgan fingerprint density at radius 3 is 2.88 bits per heavy atom. The molecule has 0 spiro atoms. The van der Waals surface area contributed by atoms with Crippen LogP contribution in [0.1, 0.15) is 16.7 Å². The first-order chi connectivity index (χ1) is 11.7. The number of thioether (sulfide) groups is 1. The topological polar surface area (TPSA) is 79.4 Å². The molecule has 120 valence electrons. The molecule has 24 heavy (non-hydrogen) atoms. The molecule has 0 saturated heterocycles. The van der Waals surface area contributed by atoms with E-state index in [0.29, 0.717) is 23.0 Å². The summed E-state index contributed by atoms with van der Waals surface area (Å²) < 4.78 is 1.85. The van der Waals surface area contributed by atoms with Crippen molar-refractivity contribution in [2.45, 2.75) is 18.5 Å². The zero-order chi connectivity index (χ0) is 16.9. The maximum absolute atomic E-state index is 9.33. The maximum atomic E-state index is 9.33. The molecule has 3 aromatic rings. The van der Waals surface area contributed by atoms with Crippen molar-refractivity contribution >= 4 is 23.3 Å². The summed E-state index contributed by atoms with van der Waals surface area (Å²) in [4.78, 5) is 8.28. The van der Waals surface area contributed by atoms with E-state index in [-0.39, 0.29) is 0 Å². The van der Waals surface area contributed by atoms with Gasteiger partial charge in [-0.15, -0.1) is 11.8 Å². The molecule has 0 aliphatic rings. The fourth-order valence-corrected chi connectivity index (χ4v) is 2.83. The van der Waals surface area contributed by atoms with E-state index in [0.717, 1.165) is 5.69 Å². The number of rotatable bonds is 5. The molecule has 0 unspecified atom stereocenters. The summed E-state index contributed by atoms with van der Waals surface area (Å²) in [6, 6.07) is 10.4. The van der Waals surface area contributed by atoms with Gasteiger partial charge in [0, 0.05) is 6.20 Å². The molecule has 0 fully saturated rings. The molecule has 2 heterocycles. The minimum atomic E-state index is 0.441. The van der Waals surface area contributed by atoms with Crippen LogP contribution in [0.25, 0.3) is 0 Å². The quantitative estimate of drug-likeness (QED) is 0.568. The summed E-state index contributed by atoms with van der Waals surface area (Å²) >= 11 is 1.42. The number of nitrogens with one attached hydrogen (secondary N) is 1. The molecule has 2 aromatic heterocycles. The van der Waals surface area contributed by atoms with Crippen molar-refractivity contribution in [3.63, 3.8) is 0 Å². The molecule has 0 atom stereocenters. The third-order valence-corrected chi connectivity index (χ3v) is 4.30. The van der Waals surface area contributed by atoms with Gasteiger partial charge in [-0.25, -0.2) is 9.97 Å². The number of nitrogens with zero attached hydrogens (tertiary/aromatic N) is 5. The van der Waals surface area contributed by atoms with Gasteiger partial charge in [0.1, 0.15) is 23.0 Å². The minimum Gasteiger partial charge on any atom is -0.336 e. The van der Waals surface area contributed by atoms with Gasteiger partial charge in [-0.1, -0.05) is 24.3 Å². The first kappa shape index (κ1) is 16.0. The van der Waals surface area contributed by atoms with E-state index in [1.807, 2.05) is 29.3 Å². The molecule has 0 aliphatic carbocycles. The van der Waals surface area contributed by atoms with Crippen LogP contribution in [0.4, 0.5) is 11.5 Å². The number of anilines is 2. The SMILES string of the molecule is CSc1ncnc(Nc2cnn(Cc3ccccc3C)c2)c1C#N. The highest BCUT2D eigenvalue weighted by Gasteiger charge is 2.11. The van der Waals surface area contributed by atoms with E-state index in [4.69, 9.17) is 0 Å². The highest BCUT2D eigenvalue weighted by molar-refractivity contribution is 7.98. The Labute approximate surface area is 144 Å². The van der Waals surface area contributed by atoms with Crippen LogP contribution in [-0.4, -0.2) is 26.0 Å². The van der Waals surface area contributed by atoms with E-state index in [2.05, 4.69) is 45.5 Å². The van der Waals surface area contributed by atoms with Crippen molar-refractivity contribution in [3.8, 4) is 6.07 Å². The zero-order valence-corrected chi connectivity index (χ0v) is 14.2. The third-order valence-electron chi connectivity index (χ3n) is 3.61. The Morgan fingerprint density at radius 2 is 2.12 bits per heavy atom. The number of aryl methyl sites for hydroxylation is 1. The number of hydrogen-bond acceptors (Lipinski definition) is 6. The Morgan fingerprint density at radius 1 is 1.29 bits per heavy atom. The summed E-state index contributed by atoms with van der Waals surface area (Å²) in [5.74, 6) is 0.493. The van der Waals surface area contributed by atoms with Crippen molar-refractivity contribution in [2.24, 2.45) is 0 Å². The summed E-state index contributed by atoms with van der Waals surface area (Å²) in [7, 11) is 0. The van der Waals surface area contributed by atoms with Crippen molar-refractivity contribution in [2.75, 3.05) is 11.6 Å². The molecule has 0 saturated carbocycles. The molecule has 3 rings (SSSR count). The fourth-order valence-electron chi connectivity index (χ4n) is 2.33. The molecule has 0 aliphatic heterocycles. The lowest BCUT2D eigenvalue weighted by molar-refractivity contribution is 0.684. The molecular weight excluding hydrogens is 320 g/mol. The molecule has 7 heteroatoms.